The minimum atomic E-state index is 0.305. The summed E-state index contributed by atoms with van der Waals surface area (Å²) in [4.78, 5) is 4.47. The minimum absolute atomic E-state index is 0.305. The SMILES string of the molecule is CCCNC(COC)Cc1cccc(OCC)n1. The van der Waals surface area contributed by atoms with Crippen molar-refractivity contribution < 1.29 is 9.47 Å². The molecule has 18 heavy (non-hydrogen) atoms. The summed E-state index contributed by atoms with van der Waals surface area (Å²) >= 11 is 0. The van der Waals surface area contributed by atoms with E-state index in [2.05, 4.69) is 17.2 Å². The van der Waals surface area contributed by atoms with Crippen LogP contribution in [0.3, 0.4) is 0 Å². The first-order valence-electron chi connectivity index (χ1n) is 6.61. The smallest absolute Gasteiger partial charge is 0.213 e. The number of hydrogen-bond donors (Lipinski definition) is 1. The maximum absolute atomic E-state index is 5.41. The van der Waals surface area contributed by atoms with Crippen LogP contribution in [0.1, 0.15) is 26.0 Å². The highest BCUT2D eigenvalue weighted by Crippen LogP contribution is 2.09. The third-order valence-electron chi connectivity index (χ3n) is 2.58. The lowest BCUT2D eigenvalue weighted by molar-refractivity contribution is 0.165. The van der Waals surface area contributed by atoms with Crippen LogP contribution in [0.5, 0.6) is 5.88 Å². The van der Waals surface area contributed by atoms with Gasteiger partial charge in [-0.05, 0) is 26.0 Å². The van der Waals surface area contributed by atoms with Crippen molar-refractivity contribution in [2.24, 2.45) is 0 Å². The average Bonchev–Trinajstić information content (AvgIpc) is 2.37. The molecule has 1 N–H and O–H groups in total. The van der Waals surface area contributed by atoms with E-state index in [1.165, 1.54) is 0 Å². The number of rotatable bonds is 9. The largest absolute Gasteiger partial charge is 0.478 e. The average molecular weight is 252 g/mol. The Kier molecular flexibility index (Phi) is 7.37. The summed E-state index contributed by atoms with van der Waals surface area (Å²) in [5, 5.41) is 3.46. The quantitative estimate of drug-likeness (QED) is 0.730. The molecule has 0 saturated heterocycles. The zero-order chi connectivity index (χ0) is 13.2. The van der Waals surface area contributed by atoms with Gasteiger partial charge in [0.15, 0.2) is 0 Å². The van der Waals surface area contributed by atoms with E-state index in [-0.39, 0.29) is 0 Å². The lowest BCUT2D eigenvalue weighted by Gasteiger charge is -2.17. The van der Waals surface area contributed by atoms with Crippen LogP contribution in [-0.2, 0) is 11.2 Å². The Bertz CT molecular complexity index is 331. The molecule has 1 aromatic rings. The van der Waals surface area contributed by atoms with E-state index < -0.39 is 0 Å². The molecule has 4 nitrogen and oxygen atoms in total. The van der Waals surface area contributed by atoms with Crippen molar-refractivity contribution in [1.82, 2.24) is 10.3 Å². The third-order valence-corrected chi connectivity index (χ3v) is 2.58. The molecule has 4 heteroatoms. The summed E-state index contributed by atoms with van der Waals surface area (Å²) in [6.07, 6.45) is 1.97. The maximum atomic E-state index is 5.41. The fraction of sp³-hybridized carbons (Fsp3) is 0.643. The van der Waals surface area contributed by atoms with Crippen LogP contribution in [-0.4, -0.2) is 37.9 Å². The Balaban J connectivity index is 2.58. The van der Waals surface area contributed by atoms with Crippen LogP contribution in [0.4, 0.5) is 0 Å². The molecule has 0 aromatic carbocycles. The number of ether oxygens (including phenoxy) is 2. The molecule has 0 spiro atoms. The fourth-order valence-corrected chi connectivity index (χ4v) is 1.79. The highest BCUT2D eigenvalue weighted by Gasteiger charge is 2.09. The predicted octanol–water partition coefficient (Wildman–Crippen LogP) is 2.04. The monoisotopic (exact) mass is 252 g/mol. The highest BCUT2D eigenvalue weighted by atomic mass is 16.5. The topological polar surface area (TPSA) is 43.4 Å². The fourth-order valence-electron chi connectivity index (χ4n) is 1.79. The molecule has 0 amide bonds. The van der Waals surface area contributed by atoms with Gasteiger partial charge in [0.25, 0.3) is 0 Å². The summed E-state index contributed by atoms with van der Waals surface area (Å²) in [6, 6.07) is 6.20. The molecule has 0 aliphatic heterocycles. The standard InChI is InChI=1S/C14H24N2O2/c1-4-9-15-13(11-17-3)10-12-7-6-8-14(16-12)18-5-2/h6-8,13,15H,4-5,9-11H2,1-3H3. The molecular weight excluding hydrogens is 228 g/mol. The molecule has 0 saturated carbocycles. The van der Waals surface area contributed by atoms with Gasteiger partial charge in [0.1, 0.15) is 0 Å². The van der Waals surface area contributed by atoms with Gasteiger partial charge in [-0.3, -0.25) is 0 Å². The van der Waals surface area contributed by atoms with Crippen molar-refractivity contribution in [1.29, 1.82) is 0 Å². The number of hydrogen-bond acceptors (Lipinski definition) is 4. The Hall–Kier alpha value is -1.13. The lowest BCUT2D eigenvalue weighted by Crippen LogP contribution is -2.35. The summed E-state index contributed by atoms with van der Waals surface area (Å²) in [5.41, 5.74) is 1.03. The molecule has 1 rings (SSSR count). The van der Waals surface area contributed by atoms with E-state index in [9.17, 15) is 0 Å². The Labute approximate surface area is 110 Å². The molecule has 0 bridgehead atoms. The zero-order valence-electron chi connectivity index (χ0n) is 11.6. The molecule has 1 unspecified atom stereocenters. The normalized spacial score (nSPS) is 12.4. The maximum Gasteiger partial charge on any atom is 0.213 e. The molecule has 102 valence electrons. The van der Waals surface area contributed by atoms with Crippen molar-refractivity contribution in [3.8, 4) is 5.88 Å². The van der Waals surface area contributed by atoms with Crippen molar-refractivity contribution in [3.05, 3.63) is 23.9 Å². The van der Waals surface area contributed by atoms with Crippen molar-refractivity contribution in [2.45, 2.75) is 32.7 Å². The van der Waals surface area contributed by atoms with Gasteiger partial charge < -0.3 is 14.8 Å². The van der Waals surface area contributed by atoms with Gasteiger partial charge in [-0.2, -0.15) is 0 Å². The van der Waals surface area contributed by atoms with Gasteiger partial charge in [-0.15, -0.1) is 0 Å². The van der Waals surface area contributed by atoms with Crippen LogP contribution < -0.4 is 10.1 Å². The van der Waals surface area contributed by atoms with Crippen LogP contribution in [0.15, 0.2) is 18.2 Å². The number of aromatic nitrogens is 1. The number of methoxy groups -OCH3 is 1. The van der Waals surface area contributed by atoms with E-state index in [0.717, 1.165) is 25.1 Å². The van der Waals surface area contributed by atoms with Crippen LogP contribution in [0, 0.1) is 0 Å². The van der Waals surface area contributed by atoms with Gasteiger partial charge in [0.2, 0.25) is 5.88 Å². The number of nitrogens with zero attached hydrogens (tertiary/aromatic N) is 1. The number of pyridine rings is 1. The molecular formula is C14H24N2O2. The number of nitrogens with one attached hydrogen (secondary N) is 1. The van der Waals surface area contributed by atoms with Gasteiger partial charge in [-0.25, -0.2) is 4.98 Å². The lowest BCUT2D eigenvalue weighted by atomic mass is 10.1. The van der Waals surface area contributed by atoms with E-state index in [0.29, 0.717) is 25.1 Å². The summed E-state index contributed by atoms with van der Waals surface area (Å²) in [6.45, 7) is 6.46. The highest BCUT2D eigenvalue weighted by molar-refractivity contribution is 5.16. The summed E-state index contributed by atoms with van der Waals surface area (Å²) < 4.78 is 10.6. The molecule has 0 aliphatic carbocycles. The second kappa shape index (κ2) is 8.89. The van der Waals surface area contributed by atoms with E-state index in [4.69, 9.17) is 9.47 Å². The second-order valence-corrected chi connectivity index (χ2v) is 4.21. The van der Waals surface area contributed by atoms with Gasteiger partial charge in [-0.1, -0.05) is 13.0 Å². The molecule has 1 atom stereocenters. The summed E-state index contributed by atoms with van der Waals surface area (Å²) in [7, 11) is 1.73. The predicted molar refractivity (Wildman–Crippen MR) is 73.1 cm³/mol. The third kappa shape index (κ3) is 5.47. The zero-order valence-corrected chi connectivity index (χ0v) is 11.6. The Morgan fingerprint density at radius 3 is 2.83 bits per heavy atom. The Morgan fingerprint density at radius 1 is 1.33 bits per heavy atom. The first-order chi connectivity index (χ1) is 8.80. The first kappa shape index (κ1) is 14.9. The van der Waals surface area contributed by atoms with Crippen molar-refractivity contribution in [2.75, 3.05) is 26.9 Å². The van der Waals surface area contributed by atoms with Gasteiger partial charge in [0.05, 0.1) is 13.2 Å². The molecule has 1 heterocycles. The van der Waals surface area contributed by atoms with Gasteiger partial charge >= 0.3 is 0 Å². The van der Waals surface area contributed by atoms with Crippen LogP contribution in [0.2, 0.25) is 0 Å². The van der Waals surface area contributed by atoms with Gasteiger partial charge in [0, 0.05) is 31.3 Å². The molecule has 1 aromatic heterocycles. The second-order valence-electron chi connectivity index (χ2n) is 4.21. The Morgan fingerprint density at radius 2 is 2.17 bits per heavy atom. The van der Waals surface area contributed by atoms with E-state index in [1.807, 2.05) is 25.1 Å². The van der Waals surface area contributed by atoms with Crippen LogP contribution in [0.25, 0.3) is 0 Å². The van der Waals surface area contributed by atoms with Crippen molar-refractivity contribution >= 4 is 0 Å². The van der Waals surface area contributed by atoms with E-state index in [1.54, 1.807) is 7.11 Å². The first-order valence-corrected chi connectivity index (χ1v) is 6.61. The molecule has 0 radical (unpaired) electrons. The molecule has 0 aliphatic rings. The van der Waals surface area contributed by atoms with Crippen LogP contribution >= 0.6 is 0 Å². The minimum Gasteiger partial charge on any atom is -0.478 e. The van der Waals surface area contributed by atoms with Crippen molar-refractivity contribution in [3.63, 3.8) is 0 Å². The molecule has 0 fully saturated rings. The van der Waals surface area contributed by atoms with E-state index >= 15 is 0 Å². The summed E-state index contributed by atoms with van der Waals surface area (Å²) in [5.74, 6) is 0.696.